The number of nitrogens with one attached hydrogen (secondary N) is 2. The fraction of sp³-hybridized carbons (Fsp3) is 0.625. The van der Waals surface area contributed by atoms with Crippen molar-refractivity contribution in [3.05, 3.63) is 0 Å². The Morgan fingerprint density at radius 1 is 1.07 bits per heavy atom. The molecule has 6 N–H and O–H groups in total. The maximum atomic E-state index is 12.3. The Bertz CT molecular complexity index is 641. The van der Waals surface area contributed by atoms with Crippen molar-refractivity contribution >= 4 is 47.3 Å². The van der Waals surface area contributed by atoms with Crippen LogP contribution in [-0.4, -0.2) is 82.0 Å². The summed E-state index contributed by atoms with van der Waals surface area (Å²) in [7, 11) is 0. The van der Waals surface area contributed by atoms with E-state index in [0.717, 1.165) is 11.8 Å². The van der Waals surface area contributed by atoms with Crippen molar-refractivity contribution in [2.45, 2.75) is 44.8 Å². The number of ether oxygens (including phenoxy) is 1. The van der Waals surface area contributed by atoms with Crippen LogP contribution in [0, 0.1) is 0 Å². The van der Waals surface area contributed by atoms with Gasteiger partial charge in [-0.25, -0.2) is 4.79 Å². The fourth-order valence-electron chi connectivity index (χ4n) is 1.78. The SMILES string of the molecule is CCOC(=O)C(=O)CSCC(NC(=O)CCC(N)C(=O)O)C(=O)NC(C)C(=O)O. The van der Waals surface area contributed by atoms with Crippen LogP contribution < -0.4 is 16.4 Å². The maximum Gasteiger partial charge on any atom is 0.375 e. The highest BCUT2D eigenvalue weighted by Gasteiger charge is 2.26. The smallest absolute Gasteiger partial charge is 0.375 e. The van der Waals surface area contributed by atoms with Gasteiger partial charge in [0, 0.05) is 12.2 Å². The van der Waals surface area contributed by atoms with Crippen molar-refractivity contribution in [3.8, 4) is 0 Å². The average Bonchev–Trinajstić information content (AvgIpc) is 2.64. The quantitative estimate of drug-likeness (QED) is 0.151. The lowest BCUT2D eigenvalue weighted by Crippen LogP contribution is -2.52. The summed E-state index contributed by atoms with van der Waals surface area (Å²) >= 11 is 0.867. The molecule has 164 valence electrons. The van der Waals surface area contributed by atoms with Crippen LogP contribution in [0.2, 0.25) is 0 Å². The molecule has 0 fully saturated rings. The first-order valence-corrected chi connectivity index (χ1v) is 9.73. The summed E-state index contributed by atoms with van der Waals surface area (Å²) in [6, 6.07) is -3.70. The van der Waals surface area contributed by atoms with Gasteiger partial charge in [-0.3, -0.25) is 24.0 Å². The molecule has 0 spiro atoms. The number of nitrogens with two attached hydrogens (primary N) is 1. The molecule has 0 saturated heterocycles. The van der Waals surface area contributed by atoms with E-state index in [2.05, 4.69) is 15.4 Å². The molecular formula is C16H25N3O9S. The zero-order valence-corrected chi connectivity index (χ0v) is 16.8. The first kappa shape index (κ1) is 26.3. The number of thioether (sulfide) groups is 1. The number of amides is 2. The highest BCUT2D eigenvalue weighted by Crippen LogP contribution is 2.06. The molecule has 13 heteroatoms. The predicted octanol–water partition coefficient (Wildman–Crippen LogP) is -1.88. The third-order valence-electron chi connectivity index (χ3n) is 3.40. The molecule has 12 nitrogen and oxygen atoms in total. The van der Waals surface area contributed by atoms with E-state index in [1.54, 1.807) is 0 Å². The van der Waals surface area contributed by atoms with Crippen LogP contribution in [-0.2, 0) is 33.5 Å². The second-order valence-electron chi connectivity index (χ2n) is 5.83. The van der Waals surface area contributed by atoms with Gasteiger partial charge in [-0.2, -0.15) is 11.8 Å². The highest BCUT2D eigenvalue weighted by atomic mass is 32.2. The molecule has 0 rings (SSSR count). The van der Waals surface area contributed by atoms with Gasteiger partial charge in [0.05, 0.1) is 12.4 Å². The largest absolute Gasteiger partial charge is 0.480 e. The Labute approximate surface area is 170 Å². The molecule has 3 atom stereocenters. The number of hydrogen-bond donors (Lipinski definition) is 5. The number of carboxylic acids is 2. The number of carboxylic acid groups (broad SMARTS) is 2. The van der Waals surface area contributed by atoms with Crippen LogP contribution in [0.5, 0.6) is 0 Å². The third-order valence-corrected chi connectivity index (χ3v) is 4.44. The van der Waals surface area contributed by atoms with E-state index in [0.29, 0.717) is 0 Å². The van der Waals surface area contributed by atoms with Gasteiger partial charge in [0.15, 0.2) is 0 Å². The normalized spacial score (nSPS) is 13.5. The van der Waals surface area contributed by atoms with E-state index in [-0.39, 0.29) is 31.0 Å². The molecule has 0 radical (unpaired) electrons. The van der Waals surface area contributed by atoms with E-state index in [1.807, 2.05) is 0 Å². The average molecular weight is 435 g/mol. The molecule has 3 unspecified atom stereocenters. The minimum Gasteiger partial charge on any atom is -0.480 e. The monoisotopic (exact) mass is 435 g/mol. The molecule has 0 heterocycles. The summed E-state index contributed by atoms with van der Waals surface area (Å²) in [4.78, 5) is 68.7. The van der Waals surface area contributed by atoms with Crippen LogP contribution in [0.1, 0.15) is 26.7 Å². The Hall–Kier alpha value is -2.67. The van der Waals surface area contributed by atoms with Gasteiger partial charge >= 0.3 is 17.9 Å². The molecule has 0 aromatic heterocycles. The number of ketones is 1. The number of carbonyl (C=O) groups excluding carboxylic acids is 4. The molecule has 0 bridgehead atoms. The molecule has 0 saturated carbocycles. The van der Waals surface area contributed by atoms with E-state index in [4.69, 9.17) is 15.9 Å². The number of aliphatic carboxylic acids is 2. The number of carbonyl (C=O) groups is 6. The molecule has 0 aromatic carbocycles. The molecule has 0 aromatic rings. The summed E-state index contributed by atoms with van der Waals surface area (Å²) in [5.41, 5.74) is 5.31. The zero-order valence-electron chi connectivity index (χ0n) is 16.0. The highest BCUT2D eigenvalue weighted by molar-refractivity contribution is 8.00. The van der Waals surface area contributed by atoms with Crippen molar-refractivity contribution in [3.63, 3.8) is 0 Å². The fourth-order valence-corrected chi connectivity index (χ4v) is 2.67. The van der Waals surface area contributed by atoms with Gasteiger partial charge in [-0.1, -0.05) is 0 Å². The minimum absolute atomic E-state index is 0.0296. The van der Waals surface area contributed by atoms with Gasteiger partial charge in [0.25, 0.3) is 0 Å². The maximum absolute atomic E-state index is 12.3. The topological polar surface area (TPSA) is 202 Å². The summed E-state index contributed by atoms with van der Waals surface area (Å²) in [5.74, 6) is -6.36. The van der Waals surface area contributed by atoms with Crippen LogP contribution in [0.25, 0.3) is 0 Å². The van der Waals surface area contributed by atoms with Gasteiger partial charge in [0.2, 0.25) is 17.6 Å². The Morgan fingerprint density at radius 2 is 1.69 bits per heavy atom. The zero-order chi connectivity index (χ0) is 22.6. The lowest BCUT2D eigenvalue weighted by atomic mass is 10.1. The van der Waals surface area contributed by atoms with E-state index in [9.17, 15) is 28.8 Å². The molecule has 2 amide bonds. The Balaban J connectivity index is 4.87. The van der Waals surface area contributed by atoms with E-state index in [1.165, 1.54) is 13.8 Å². The Morgan fingerprint density at radius 3 is 2.21 bits per heavy atom. The van der Waals surface area contributed by atoms with Crippen LogP contribution in [0.4, 0.5) is 0 Å². The summed E-state index contributed by atoms with van der Waals surface area (Å²) in [5, 5.41) is 22.1. The van der Waals surface area contributed by atoms with Crippen molar-refractivity contribution in [2.24, 2.45) is 5.73 Å². The summed E-state index contributed by atoms with van der Waals surface area (Å²) in [6.07, 6.45) is -0.451. The lowest BCUT2D eigenvalue weighted by Gasteiger charge is -2.20. The summed E-state index contributed by atoms with van der Waals surface area (Å²) in [6.45, 7) is 2.79. The molecule has 0 aliphatic rings. The molecular weight excluding hydrogens is 410 g/mol. The van der Waals surface area contributed by atoms with Crippen LogP contribution >= 0.6 is 11.8 Å². The van der Waals surface area contributed by atoms with Crippen LogP contribution in [0.15, 0.2) is 0 Å². The number of Topliss-reactive ketones (excluding diaryl/α,β-unsaturated/α-hetero) is 1. The van der Waals surface area contributed by atoms with Gasteiger partial charge < -0.3 is 31.3 Å². The molecule has 0 aliphatic heterocycles. The second kappa shape index (κ2) is 13.5. The first-order valence-electron chi connectivity index (χ1n) is 8.58. The van der Waals surface area contributed by atoms with Crippen molar-refractivity contribution in [1.29, 1.82) is 0 Å². The van der Waals surface area contributed by atoms with E-state index >= 15 is 0 Å². The van der Waals surface area contributed by atoms with Crippen molar-refractivity contribution in [2.75, 3.05) is 18.1 Å². The number of hydrogen-bond acceptors (Lipinski definition) is 9. The van der Waals surface area contributed by atoms with Crippen molar-refractivity contribution < 1.29 is 43.7 Å². The lowest BCUT2D eigenvalue weighted by molar-refractivity contribution is -0.152. The predicted molar refractivity (Wildman–Crippen MR) is 101 cm³/mol. The van der Waals surface area contributed by atoms with E-state index < -0.39 is 53.6 Å². The Kier molecular flexibility index (Phi) is 12.3. The first-order chi connectivity index (χ1) is 13.5. The summed E-state index contributed by atoms with van der Waals surface area (Å²) < 4.78 is 4.55. The number of rotatable bonds is 14. The minimum atomic E-state index is -1.29. The van der Waals surface area contributed by atoms with Gasteiger partial charge in [-0.05, 0) is 20.3 Å². The van der Waals surface area contributed by atoms with Gasteiger partial charge in [-0.15, -0.1) is 0 Å². The molecule has 0 aliphatic carbocycles. The third kappa shape index (κ3) is 11.0. The van der Waals surface area contributed by atoms with Crippen molar-refractivity contribution in [1.82, 2.24) is 10.6 Å². The van der Waals surface area contributed by atoms with Crippen LogP contribution in [0.3, 0.4) is 0 Å². The molecule has 29 heavy (non-hydrogen) atoms. The second-order valence-corrected chi connectivity index (χ2v) is 6.86. The standard InChI is InChI=1S/C16H25N3O9S/c1-3-28-16(27)11(20)7-29-6-10(13(22)18-8(2)14(23)24)19-12(21)5-4-9(17)15(25)26/h8-10H,3-7,17H2,1-2H3,(H,18,22)(H,19,21)(H,23,24)(H,25,26). The van der Waals surface area contributed by atoms with Gasteiger partial charge in [0.1, 0.15) is 18.1 Å². The number of esters is 1.